The van der Waals surface area contributed by atoms with E-state index in [2.05, 4.69) is 77.4 Å². The van der Waals surface area contributed by atoms with E-state index in [1.54, 1.807) is 0 Å². The largest absolute Gasteiger partial charge is 0.456 e. The van der Waals surface area contributed by atoms with E-state index in [4.69, 9.17) is 24.4 Å². The lowest BCUT2D eigenvalue weighted by molar-refractivity contribution is 0.669. The summed E-state index contributed by atoms with van der Waals surface area (Å²) in [6, 6.07) is 53.8. The number of fused-ring (bicyclic) bond motifs is 6. The van der Waals surface area contributed by atoms with Crippen LogP contribution in [0.5, 0.6) is 0 Å². The summed E-state index contributed by atoms with van der Waals surface area (Å²) in [5.41, 5.74) is 9.77. The topological polar surface area (TPSA) is 69.6 Å². The van der Waals surface area contributed by atoms with Crippen molar-refractivity contribution in [3.63, 3.8) is 0 Å². The Labute approximate surface area is 287 Å². The lowest BCUT2D eigenvalue weighted by Gasteiger charge is -2.10. The van der Waals surface area contributed by atoms with Crippen molar-refractivity contribution in [3.8, 4) is 51.1 Å². The predicted octanol–water partition coefficient (Wildman–Crippen LogP) is 10.9. The third-order valence-corrected chi connectivity index (χ3v) is 9.32. The maximum Gasteiger partial charge on any atom is 0.182 e. The molecule has 0 aliphatic rings. The molecule has 0 saturated carbocycles. The van der Waals surface area contributed by atoms with Gasteiger partial charge in [-0.1, -0.05) is 115 Å². The van der Waals surface area contributed by atoms with E-state index >= 15 is 0 Å². The summed E-state index contributed by atoms with van der Waals surface area (Å²) < 4.78 is 8.49. The van der Waals surface area contributed by atoms with Crippen LogP contribution in [0.15, 0.2) is 168 Å². The number of nitrogens with zero attached hydrogens (tertiary/aromatic N) is 5. The fourth-order valence-corrected chi connectivity index (χ4v) is 7.01. The highest BCUT2D eigenvalue weighted by atomic mass is 16.3. The van der Waals surface area contributed by atoms with E-state index in [0.717, 1.165) is 60.9 Å². The van der Waals surface area contributed by atoms with Crippen molar-refractivity contribution < 1.29 is 4.42 Å². The fraction of sp³-hybridized carbons (Fsp3) is 0. The smallest absolute Gasteiger partial charge is 0.182 e. The van der Waals surface area contributed by atoms with Crippen molar-refractivity contribution >= 4 is 43.7 Å². The van der Waals surface area contributed by atoms with Crippen LogP contribution in [0.1, 0.15) is 0 Å². The molecule has 6 aromatic carbocycles. The van der Waals surface area contributed by atoms with Gasteiger partial charge in [-0.2, -0.15) is 0 Å². The molecule has 0 atom stereocenters. The van der Waals surface area contributed by atoms with Gasteiger partial charge in [-0.25, -0.2) is 15.0 Å². The zero-order valence-corrected chi connectivity index (χ0v) is 26.7. The first kappa shape index (κ1) is 28.1. The predicted molar refractivity (Wildman–Crippen MR) is 201 cm³/mol. The van der Waals surface area contributed by atoms with Gasteiger partial charge < -0.3 is 8.98 Å². The van der Waals surface area contributed by atoms with Gasteiger partial charge in [0, 0.05) is 32.7 Å². The van der Waals surface area contributed by atoms with Gasteiger partial charge in [-0.05, 0) is 53.6 Å². The zero-order valence-electron chi connectivity index (χ0n) is 26.7. The van der Waals surface area contributed by atoms with E-state index in [-0.39, 0.29) is 0 Å². The summed E-state index contributed by atoms with van der Waals surface area (Å²) in [5.74, 6) is 1.74. The normalized spacial score (nSPS) is 11.6. The molecule has 0 bridgehead atoms. The van der Waals surface area contributed by atoms with Gasteiger partial charge in [-0.3, -0.25) is 4.98 Å². The third kappa shape index (κ3) is 4.58. The number of hydrogen-bond acceptors (Lipinski definition) is 5. The standard InChI is InChI=1S/C44H27N5O/c1-3-12-28(13-4-1)42-46-43(29-14-5-2-6-15-29)48-44(47-42)36-24-23-31(27-45-36)49-37-19-9-7-16-33(37)35-26-30(22-25-38(35)49)32-18-11-21-40-41(32)34-17-8-10-20-39(34)50-40/h1-27H. The molecule has 0 N–H and O–H groups in total. The molecular formula is C44H27N5O. The molecule has 6 heteroatoms. The maximum atomic E-state index is 6.21. The van der Waals surface area contributed by atoms with Gasteiger partial charge in [0.05, 0.1) is 22.9 Å². The Bertz CT molecular complexity index is 2800. The molecule has 0 saturated heterocycles. The number of benzene rings is 6. The number of pyridine rings is 1. The Morgan fingerprint density at radius 3 is 1.82 bits per heavy atom. The molecule has 0 fully saturated rings. The minimum Gasteiger partial charge on any atom is -0.456 e. The highest BCUT2D eigenvalue weighted by Crippen LogP contribution is 2.40. The van der Waals surface area contributed by atoms with Gasteiger partial charge in [0.25, 0.3) is 0 Å². The van der Waals surface area contributed by atoms with Gasteiger partial charge in [0.15, 0.2) is 17.5 Å². The van der Waals surface area contributed by atoms with E-state index in [9.17, 15) is 0 Å². The molecule has 0 radical (unpaired) electrons. The molecule has 0 spiro atoms. The fourth-order valence-electron chi connectivity index (χ4n) is 7.01. The molecule has 10 aromatic rings. The molecule has 234 valence electrons. The second-order valence-corrected chi connectivity index (χ2v) is 12.3. The van der Waals surface area contributed by atoms with Crippen LogP contribution >= 0.6 is 0 Å². The average Bonchev–Trinajstić information content (AvgIpc) is 3.74. The molecule has 50 heavy (non-hydrogen) atoms. The van der Waals surface area contributed by atoms with E-state index in [0.29, 0.717) is 23.2 Å². The van der Waals surface area contributed by atoms with Crippen LogP contribution in [0, 0.1) is 0 Å². The summed E-state index contributed by atoms with van der Waals surface area (Å²) >= 11 is 0. The van der Waals surface area contributed by atoms with Crippen LogP contribution < -0.4 is 0 Å². The second-order valence-electron chi connectivity index (χ2n) is 12.3. The van der Waals surface area contributed by atoms with Crippen molar-refractivity contribution in [3.05, 3.63) is 164 Å². The molecular weight excluding hydrogens is 615 g/mol. The van der Waals surface area contributed by atoms with Crippen LogP contribution in [-0.4, -0.2) is 24.5 Å². The molecule has 0 aliphatic carbocycles. The van der Waals surface area contributed by atoms with Crippen LogP contribution in [0.4, 0.5) is 0 Å². The second kappa shape index (κ2) is 11.4. The molecule has 0 unspecified atom stereocenters. The summed E-state index contributed by atoms with van der Waals surface area (Å²) in [6.45, 7) is 0. The first-order valence-electron chi connectivity index (χ1n) is 16.6. The lowest BCUT2D eigenvalue weighted by Crippen LogP contribution is -2.02. The Balaban J connectivity index is 1.10. The first-order valence-corrected chi connectivity index (χ1v) is 16.6. The Morgan fingerprint density at radius 2 is 1.08 bits per heavy atom. The van der Waals surface area contributed by atoms with Gasteiger partial charge in [0.2, 0.25) is 0 Å². The van der Waals surface area contributed by atoms with Crippen molar-refractivity contribution in [1.29, 1.82) is 0 Å². The van der Waals surface area contributed by atoms with Crippen molar-refractivity contribution in [2.75, 3.05) is 0 Å². The minimum atomic E-state index is 0.525. The summed E-state index contributed by atoms with van der Waals surface area (Å²) in [4.78, 5) is 19.5. The van der Waals surface area contributed by atoms with E-state index in [1.165, 1.54) is 10.8 Å². The maximum absolute atomic E-state index is 6.21. The average molecular weight is 642 g/mol. The first-order chi connectivity index (χ1) is 24.8. The number of hydrogen-bond donors (Lipinski definition) is 0. The number of rotatable bonds is 5. The SMILES string of the molecule is c1ccc(-c2nc(-c3ccccc3)nc(-c3ccc(-n4c5ccccc5c5cc(-c6cccc7oc8ccccc8c67)ccc54)cn3)n2)cc1. The van der Waals surface area contributed by atoms with Gasteiger partial charge >= 0.3 is 0 Å². The summed E-state index contributed by atoms with van der Waals surface area (Å²) in [5, 5.41) is 4.60. The Morgan fingerprint density at radius 1 is 0.440 bits per heavy atom. The van der Waals surface area contributed by atoms with Crippen molar-refractivity contribution in [2.45, 2.75) is 0 Å². The van der Waals surface area contributed by atoms with Crippen LogP contribution in [-0.2, 0) is 0 Å². The quantitative estimate of drug-likeness (QED) is 0.187. The lowest BCUT2D eigenvalue weighted by atomic mass is 9.98. The molecule has 4 aromatic heterocycles. The highest BCUT2D eigenvalue weighted by Gasteiger charge is 2.18. The van der Waals surface area contributed by atoms with Crippen LogP contribution in [0.25, 0.3) is 94.9 Å². The molecule has 10 rings (SSSR count). The van der Waals surface area contributed by atoms with Crippen LogP contribution in [0.2, 0.25) is 0 Å². The van der Waals surface area contributed by atoms with Crippen molar-refractivity contribution in [2.24, 2.45) is 0 Å². The summed E-state index contributed by atoms with van der Waals surface area (Å²) in [7, 11) is 0. The van der Waals surface area contributed by atoms with E-state index in [1.807, 2.05) is 91.1 Å². The Kier molecular flexibility index (Phi) is 6.39. The monoisotopic (exact) mass is 641 g/mol. The molecule has 0 amide bonds. The van der Waals surface area contributed by atoms with Crippen LogP contribution in [0.3, 0.4) is 0 Å². The number of furan rings is 1. The molecule has 6 nitrogen and oxygen atoms in total. The third-order valence-electron chi connectivity index (χ3n) is 9.32. The molecule has 4 heterocycles. The van der Waals surface area contributed by atoms with E-state index < -0.39 is 0 Å². The van der Waals surface area contributed by atoms with Gasteiger partial charge in [-0.15, -0.1) is 0 Å². The zero-order chi connectivity index (χ0) is 33.0. The van der Waals surface area contributed by atoms with Gasteiger partial charge in [0.1, 0.15) is 16.9 Å². The number of aromatic nitrogens is 5. The summed E-state index contributed by atoms with van der Waals surface area (Å²) in [6.07, 6.45) is 1.90. The highest BCUT2D eigenvalue weighted by molar-refractivity contribution is 6.15. The Hall–Kier alpha value is -6.92. The van der Waals surface area contributed by atoms with Crippen molar-refractivity contribution in [1.82, 2.24) is 24.5 Å². The molecule has 0 aliphatic heterocycles. The minimum absolute atomic E-state index is 0.525. The number of para-hydroxylation sites is 2.